The van der Waals surface area contributed by atoms with Crippen molar-refractivity contribution in [2.75, 3.05) is 7.11 Å². The Hall–Kier alpha value is -1.21. The van der Waals surface area contributed by atoms with Gasteiger partial charge in [0.1, 0.15) is 17.6 Å². The molecule has 0 amide bonds. The first-order valence-electron chi connectivity index (χ1n) is 9.69. The minimum atomic E-state index is -0.897. The van der Waals surface area contributed by atoms with Crippen LogP contribution in [-0.4, -0.2) is 31.1 Å². The molecule has 0 saturated heterocycles. The van der Waals surface area contributed by atoms with E-state index in [0.29, 0.717) is 0 Å². The van der Waals surface area contributed by atoms with Crippen LogP contribution in [0.1, 0.15) is 47.1 Å². The van der Waals surface area contributed by atoms with Gasteiger partial charge in [0.05, 0.1) is 21.7 Å². The highest BCUT2D eigenvalue weighted by atomic mass is 28.3. The first-order valence-corrected chi connectivity index (χ1v) is 14.6. The molecule has 1 aliphatic rings. The summed E-state index contributed by atoms with van der Waals surface area (Å²) in [6.07, 6.45) is -0.0321. The molecule has 0 spiro atoms. The van der Waals surface area contributed by atoms with Gasteiger partial charge in [0.15, 0.2) is 0 Å². The molecule has 0 aliphatic carbocycles. The maximum Gasteiger partial charge on any atom is 0.273 e. The number of benzene rings is 1. The van der Waals surface area contributed by atoms with Gasteiger partial charge >= 0.3 is 0 Å². The summed E-state index contributed by atoms with van der Waals surface area (Å²) in [5.41, 5.74) is 2.38. The van der Waals surface area contributed by atoms with E-state index in [1.165, 1.54) is 16.3 Å². The minimum Gasteiger partial charge on any atom is -0.545 e. The van der Waals surface area contributed by atoms with Gasteiger partial charge in [-0.15, -0.1) is 0 Å². The Morgan fingerprint density at radius 2 is 1.59 bits per heavy atom. The lowest BCUT2D eigenvalue weighted by atomic mass is 9.79. The third kappa shape index (κ3) is 4.62. The quantitative estimate of drug-likeness (QED) is 0.490. The normalized spacial score (nSPS) is 19.2. The van der Waals surface area contributed by atoms with E-state index in [1.54, 1.807) is 7.11 Å². The van der Waals surface area contributed by atoms with Gasteiger partial charge in [-0.1, -0.05) is 54.6 Å². The van der Waals surface area contributed by atoms with E-state index >= 15 is 0 Å². The maximum atomic E-state index is 6.58. The van der Waals surface area contributed by atoms with Gasteiger partial charge < -0.3 is 13.9 Å². The second kappa shape index (κ2) is 7.66. The summed E-state index contributed by atoms with van der Waals surface area (Å²) in [6.45, 7) is 22.5. The van der Waals surface area contributed by atoms with Crippen LogP contribution in [0, 0.1) is 10.8 Å². The van der Waals surface area contributed by atoms with Gasteiger partial charge in [-0.3, -0.25) is 0 Å². The summed E-state index contributed by atoms with van der Waals surface area (Å²) >= 11 is 0. The average molecular weight is 405 g/mol. The lowest BCUT2D eigenvalue weighted by Gasteiger charge is -2.34. The Labute approximate surface area is 169 Å². The summed E-state index contributed by atoms with van der Waals surface area (Å²) in [5, 5.41) is 1.36. The third-order valence-electron chi connectivity index (χ3n) is 4.64. The molecule has 150 valence electrons. The molecule has 0 N–H and O–H groups in total. The fourth-order valence-corrected chi connectivity index (χ4v) is 5.46. The minimum absolute atomic E-state index is 0.0321. The monoisotopic (exact) mass is 404 g/mol. The van der Waals surface area contributed by atoms with Crippen molar-refractivity contribution >= 4 is 28.6 Å². The van der Waals surface area contributed by atoms with Crippen LogP contribution in [0.3, 0.4) is 0 Å². The molecule has 1 heterocycles. The predicted octanol–water partition coefficient (Wildman–Crippen LogP) is 5.49. The highest BCUT2D eigenvalue weighted by Crippen LogP contribution is 2.49. The molecule has 0 saturated carbocycles. The topological polar surface area (TPSA) is 27.7 Å². The van der Waals surface area contributed by atoms with Crippen molar-refractivity contribution in [3.05, 3.63) is 23.5 Å². The van der Waals surface area contributed by atoms with E-state index < -0.39 is 17.8 Å². The Kier molecular flexibility index (Phi) is 6.27. The van der Waals surface area contributed by atoms with Gasteiger partial charge in [-0.05, 0) is 24.3 Å². The van der Waals surface area contributed by atoms with Gasteiger partial charge in [-0.25, -0.2) is 0 Å². The second-order valence-corrected chi connectivity index (χ2v) is 14.5. The van der Waals surface area contributed by atoms with Crippen LogP contribution in [0.2, 0.25) is 26.2 Å². The number of ether oxygens (including phenoxy) is 2. The molecule has 1 unspecified atom stereocenters. The molecule has 5 heteroatoms. The van der Waals surface area contributed by atoms with E-state index in [0.717, 1.165) is 17.3 Å². The summed E-state index contributed by atoms with van der Waals surface area (Å²) in [5.74, 6) is 2.91. The molecule has 0 aromatic heterocycles. The predicted molar refractivity (Wildman–Crippen MR) is 119 cm³/mol. The zero-order chi connectivity index (χ0) is 20.7. The van der Waals surface area contributed by atoms with Crippen molar-refractivity contribution in [1.82, 2.24) is 0 Å². The molecule has 2 radical (unpaired) electrons. The smallest absolute Gasteiger partial charge is 0.273 e. The van der Waals surface area contributed by atoms with Gasteiger partial charge in [-0.2, -0.15) is 0 Å². The Morgan fingerprint density at radius 1 is 1.00 bits per heavy atom. The van der Waals surface area contributed by atoms with Crippen LogP contribution >= 0.6 is 0 Å². The maximum absolute atomic E-state index is 6.58. The highest BCUT2D eigenvalue weighted by Gasteiger charge is 2.44. The summed E-state index contributed by atoms with van der Waals surface area (Å²) < 4.78 is 18.7. The third-order valence-corrected chi connectivity index (χ3v) is 6.73. The molecule has 27 heavy (non-hydrogen) atoms. The zero-order valence-corrected chi connectivity index (χ0v) is 21.0. The zero-order valence-electron chi connectivity index (χ0n) is 19.0. The lowest BCUT2D eigenvalue weighted by molar-refractivity contribution is 0.145. The molecule has 0 fully saturated rings. The van der Waals surface area contributed by atoms with E-state index in [2.05, 4.69) is 73.8 Å². The van der Waals surface area contributed by atoms with Crippen molar-refractivity contribution in [3.8, 4) is 11.5 Å². The summed E-state index contributed by atoms with van der Waals surface area (Å²) in [7, 11) is 0.112. The highest BCUT2D eigenvalue weighted by molar-refractivity contribution is 6.71. The first kappa shape index (κ1) is 22.1. The van der Waals surface area contributed by atoms with E-state index in [4.69, 9.17) is 13.9 Å². The largest absolute Gasteiger partial charge is 0.545 e. The Morgan fingerprint density at radius 3 is 2.00 bits per heavy atom. The van der Waals surface area contributed by atoms with Crippen LogP contribution < -0.4 is 14.7 Å². The number of hydrogen-bond donors (Lipinski definition) is 0. The molecular weight excluding hydrogens is 368 g/mol. The fourth-order valence-electron chi connectivity index (χ4n) is 3.45. The average Bonchev–Trinajstić information content (AvgIpc) is 2.89. The molecule has 3 nitrogen and oxygen atoms in total. The van der Waals surface area contributed by atoms with Crippen LogP contribution in [0.25, 0.3) is 5.57 Å². The van der Waals surface area contributed by atoms with E-state index in [1.807, 2.05) is 6.07 Å². The number of rotatable bonds is 4. The van der Waals surface area contributed by atoms with Crippen LogP contribution in [0.4, 0.5) is 0 Å². The fraction of sp³-hybridized carbons (Fsp3) is 0.636. The SMILES string of the molecule is COc1cc2c(c([Si](C)C)c1)C(=C(O[Si](C)C)C(C)(C)C)C(C(C)(C)C)O2. The molecule has 1 atom stereocenters. The summed E-state index contributed by atoms with van der Waals surface area (Å²) in [4.78, 5) is 0. The van der Waals surface area contributed by atoms with Crippen LogP contribution in [-0.2, 0) is 4.43 Å². The van der Waals surface area contributed by atoms with Gasteiger partial charge in [0.2, 0.25) is 0 Å². The molecule has 2 rings (SSSR count). The van der Waals surface area contributed by atoms with Gasteiger partial charge in [0, 0.05) is 28.0 Å². The molecule has 1 aromatic carbocycles. The van der Waals surface area contributed by atoms with Crippen molar-refractivity contribution in [2.45, 2.75) is 73.8 Å². The number of hydrogen-bond acceptors (Lipinski definition) is 3. The first-order chi connectivity index (χ1) is 12.3. The molecule has 1 aliphatic heterocycles. The van der Waals surface area contributed by atoms with E-state index in [9.17, 15) is 0 Å². The number of fused-ring (bicyclic) bond motifs is 1. The molecular formula is C22H36O3Si2. The Bertz CT molecular complexity index is 722. The van der Waals surface area contributed by atoms with Crippen molar-refractivity contribution in [3.63, 3.8) is 0 Å². The summed E-state index contributed by atoms with van der Waals surface area (Å²) in [6, 6.07) is 4.24. The van der Waals surface area contributed by atoms with Crippen molar-refractivity contribution in [1.29, 1.82) is 0 Å². The van der Waals surface area contributed by atoms with Gasteiger partial charge in [0.25, 0.3) is 9.04 Å². The second-order valence-electron chi connectivity index (χ2n) is 9.92. The number of methoxy groups -OCH3 is 1. The number of allylic oxidation sites excluding steroid dienone is 1. The molecule has 1 aromatic rings. The van der Waals surface area contributed by atoms with Crippen molar-refractivity contribution < 1.29 is 13.9 Å². The van der Waals surface area contributed by atoms with Crippen LogP contribution in [0.15, 0.2) is 17.9 Å². The Balaban J connectivity index is 2.90. The van der Waals surface area contributed by atoms with Crippen molar-refractivity contribution in [2.24, 2.45) is 10.8 Å². The standard InChI is InChI=1S/C22H36O3Si2/c1-21(2,3)19-18(20(22(4,5)6)25-27(10)11)17-15(24-19)12-14(23-7)13-16(17)26(8)9/h12-13,19H,1-11H3. The lowest BCUT2D eigenvalue weighted by Crippen LogP contribution is -2.34. The van der Waals surface area contributed by atoms with Crippen LogP contribution in [0.5, 0.6) is 11.5 Å². The molecule has 0 bridgehead atoms. The van der Waals surface area contributed by atoms with E-state index in [-0.39, 0.29) is 16.9 Å².